The highest BCUT2D eigenvalue weighted by Crippen LogP contribution is 2.43. The highest BCUT2D eigenvalue weighted by molar-refractivity contribution is 7.18. The van der Waals surface area contributed by atoms with E-state index in [0.717, 1.165) is 16.0 Å². The zero-order chi connectivity index (χ0) is 19.9. The molecule has 1 N–H and O–H groups in total. The third-order valence-electron chi connectivity index (χ3n) is 3.96. The van der Waals surface area contributed by atoms with Crippen molar-refractivity contribution in [1.82, 2.24) is 0 Å². The van der Waals surface area contributed by atoms with Gasteiger partial charge in [0.05, 0.1) is 12.2 Å². The Kier molecular flexibility index (Phi) is 6.41. The molecule has 0 radical (unpaired) electrons. The van der Waals surface area contributed by atoms with E-state index in [2.05, 4.69) is 0 Å². The Balaban J connectivity index is 2.04. The van der Waals surface area contributed by atoms with Crippen LogP contribution >= 0.6 is 11.3 Å². The van der Waals surface area contributed by atoms with Crippen molar-refractivity contribution in [2.24, 2.45) is 0 Å². The van der Waals surface area contributed by atoms with Crippen LogP contribution in [0.1, 0.15) is 5.56 Å². The summed E-state index contributed by atoms with van der Waals surface area (Å²) in [5.74, 6) is -0.293. The number of hydrogen-bond donors (Lipinski definition) is 1. The number of nitrogens with zero attached hydrogens (tertiary/aromatic N) is 1. The Morgan fingerprint density at radius 2 is 1.68 bits per heavy atom. The van der Waals surface area contributed by atoms with Gasteiger partial charge in [-0.25, -0.2) is 4.79 Å². The summed E-state index contributed by atoms with van der Waals surface area (Å²) >= 11 is 1.18. The first-order valence-electron chi connectivity index (χ1n) is 8.51. The molecular formula is C21H19NO5S. The van der Waals surface area contributed by atoms with Gasteiger partial charge in [-0.15, -0.1) is 0 Å². The van der Waals surface area contributed by atoms with E-state index in [4.69, 9.17) is 14.6 Å². The molecule has 6 nitrogen and oxygen atoms in total. The van der Waals surface area contributed by atoms with Crippen molar-refractivity contribution in [3.8, 4) is 15.5 Å². The molecule has 7 heteroatoms. The third-order valence-corrected chi connectivity index (χ3v) is 5.01. The Hall–Kier alpha value is -3.16. The van der Waals surface area contributed by atoms with Gasteiger partial charge in [-0.05, 0) is 17.2 Å². The quantitative estimate of drug-likeness (QED) is 0.587. The maximum Gasteiger partial charge on any atom is 0.512 e. The van der Waals surface area contributed by atoms with Crippen LogP contribution < -0.4 is 9.64 Å². The smallest absolute Gasteiger partial charge is 0.449 e. The van der Waals surface area contributed by atoms with Crippen molar-refractivity contribution in [3.05, 3.63) is 72.3 Å². The maximum absolute atomic E-state index is 12.7. The Labute approximate surface area is 166 Å². The fourth-order valence-corrected chi connectivity index (χ4v) is 3.74. The van der Waals surface area contributed by atoms with Crippen molar-refractivity contribution < 1.29 is 24.2 Å². The molecule has 144 valence electrons. The minimum absolute atomic E-state index is 0.129. The summed E-state index contributed by atoms with van der Waals surface area (Å²) in [6.07, 6.45) is -1.43. The largest absolute Gasteiger partial charge is 0.512 e. The lowest BCUT2D eigenvalue weighted by molar-refractivity contribution is -0.122. The van der Waals surface area contributed by atoms with Crippen LogP contribution in [-0.2, 0) is 16.1 Å². The van der Waals surface area contributed by atoms with Crippen molar-refractivity contribution in [2.45, 2.75) is 6.54 Å². The number of amides is 1. The lowest BCUT2D eigenvalue weighted by atomic mass is 10.1. The first kappa shape index (κ1) is 19.6. The Bertz CT molecular complexity index is 940. The molecule has 0 spiro atoms. The molecule has 1 amide bonds. The second-order valence-corrected chi connectivity index (χ2v) is 6.93. The van der Waals surface area contributed by atoms with Gasteiger partial charge < -0.3 is 19.5 Å². The van der Waals surface area contributed by atoms with Crippen LogP contribution in [0.4, 0.5) is 10.5 Å². The Morgan fingerprint density at radius 3 is 2.29 bits per heavy atom. The summed E-state index contributed by atoms with van der Waals surface area (Å²) in [6, 6.07) is 20.7. The topological polar surface area (TPSA) is 76.1 Å². The number of anilines is 1. The van der Waals surface area contributed by atoms with E-state index in [-0.39, 0.29) is 24.1 Å². The van der Waals surface area contributed by atoms with E-state index in [1.165, 1.54) is 23.3 Å². The van der Waals surface area contributed by atoms with E-state index in [1.807, 2.05) is 60.7 Å². The first-order chi connectivity index (χ1) is 13.6. The zero-order valence-electron chi connectivity index (χ0n) is 15.2. The van der Waals surface area contributed by atoms with Gasteiger partial charge in [0.2, 0.25) is 5.06 Å². The fourth-order valence-electron chi connectivity index (χ4n) is 2.73. The predicted molar refractivity (Wildman–Crippen MR) is 108 cm³/mol. The average Bonchev–Trinajstić information content (AvgIpc) is 3.10. The van der Waals surface area contributed by atoms with E-state index in [0.29, 0.717) is 5.69 Å². The second kappa shape index (κ2) is 9.16. The summed E-state index contributed by atoms with van der Waals surface area (Å²) < 4.78 is 10.0. The SMILES string of the molecule is COCC(=O)N(Cc1ccccc1)c1cc(-c2ccccc2)sc1OC(=O)O. The molecule has 0 unspecified atom stereocenters. The lowest BCUT2D eigenvalue weighted by Gasteiger charge is -2.22. The van der Waals surface area contributed by atoms with Crippen molar-refractivity contribution in [1.29, 1.82) is 0 Å². The normalized spacial score (nSPS) is 10.5. The molecule has 1 heterocycles. The highest BCUT2D eigenvalue weighted by Gasteiger charge is 2.24. The molecule has 3 rings (SSSR count). The molecule has 0 saturated carbocycles. The number of carboxylic acid groups (broad SMARTS) is 1. The maximum atomic E-state index is 12.7. The summed E-state index contributed by atoms with van der Waals surface area (Å²) in [6.45, 7) is 0.139. The van der Waals surface area contributed by atoms with E-state index in [1.54, 1.807) is 6.07 Å². The molecule has 0 bridgehead atoms. The summed E-state index contributed by atoms with van der Waals surface area (Å²) in [5, 5.41) is 9.29. The zero-order valence-corrected chi connectivity index (χ0v) is 16.0. The van der Waals surface area contributed by atoms with E-state index in [9.17, 15) is 9.59 Å². The van der Waals surface area contributed by atoms with Crippen molar-refractivity contribution in [2.75, 3.05) is 18.6 Å². The molecule has 2 aromatic carbocycles. The first-order valence-corrected chi connectivity index (χ1v) is 9.33. The molecule has 1 aromatic heterocycles. The van der Waals surface area contributed by atoms with Gasteiger partial charge in [0.25, 0.3) is 5.91 Å². The highest BCUT2D eigenvalue weighted by atomic mass is 32.1. The van der Waals surface area contributed by atoms with E-state index < -0.39 is 6.16 Å². The van der Waals surface area contributed by atoms with Gasteiger partial charge in [-0.1, -0.05) is 72.0 Å². The summed E-state index contributed by atoms with van der Waals surface area (Å²) in [5.41, 5.74) is 2.21. The minimum Gasteiger partial charge on any atom is -0.449 e. The molecule has 0 saturated heterocycles. The van der Waals surface area contributed by atoms with Gasteiger partial charge in [-0.3, -0.25) is 4.79 Å². The third kappa shape index (κ3) is 4.76. The average molecular weight is 397 g/mol. The number of rotatable bonds is 7. The van der Waals surface area contributed by atoms with Gasteiger partial charge >= 0.3 is 6.16 Å². The van der Waals surface area contributed by atoms with Gasteiger partial charge in [0, 0.05) is 12.0 Å². The number of hydrogen-bond acceptors (Lipinski definition) is 5. The lowest BCUT2D eigenvalue weighted by Crippen LogP contribution is -2.33. The van der Waals surface area contributed by atoms with Crippen LogP contribution in [0.2, 0.25) is 0 Å². The van der Waals surface area contributed by atoms with Gasteiger partial charge in [0.15, 0.2) is 0 Å². The summed E-state index contributed by atoms with van der Waals surface area (Å²) in [4.78, 5) is 26.2. The number of benzene rings is 2. The molecule has 0 aliphatic carbocycles. The molecule has 3 aromatic rings. The number of methoxy groups -OCH3 is 1. The van der Waals surface area contributed by atoms with E-state index >= 15 is 0 Å². The second-order valence-electron chi connectivity index (χ2n) is 5.92. The van der Waals surface area contributed by atoms with Crippen molar-refractivity contribution >= 4 is 29.1 Å². The van der Waals surface area contributed by atoms with Gasteiger partial charge in [-0.2, -0.15) is 0 Å². The molecular weight excluding hydrogens is 378 g/mol. The van der Waals surface area contributed by atoms with Crippen molar-refractivity contribution in [3.63, 3.8) is 0 Å². The minimum atomic E-state index is -1.43. The van der Waals surface area contributed by atoms with Crippen LogP contribution in [0.25, 0.3) is 10.4 Å². The fraction of sp³-hybridized carbons (Fsp3) is 0.143. The van der Waals surface area contributed by atoms with Gasteiger partial charge in [0.1, 0.15) is 6.61 Å². The Morgan fingerprint density at radius 1 is 1.04 bits per heavy atom. The monoisotopic (exact) mass is 397 g/mol. The number of thiophene rings is 1. The molecule has 0 aliphatic rings. The van der Waals surface area contributed by atoms with Crippen LogP contribution in [0.5, 0.6) is 5.06 Å². The van der Waals surface area contributed by atoms with Crippen LogP contribution in [-0.4, -0.2) is 30.9 Å². The molecule has 0 atom stereocenters. The molecule has 0 aliphatic heterocycles. The number of carbonyl (C=O) groups is 2. The van der Waals surface area contributed by atoms with Crippen LogP contribution in [0, 0.1) is 0 Å². The van der Waals surface area contributed by atoms with Crippen LogP contribution in [0.3, 0.4) is 0 Å². The molecule has 28 heavy (non-hydrogen) atoms. The molecule has 0 fully saturated rings. The van der Waals surface area contributed by atoms with Crippen LogP contribution in [0.15, 0.2) is 66.7 Å². The number of ether oxygens (including phenoxy) is 2. The summed E-state index contributed by atoms with van der Waals surface area (Å²) in [7, 11) is 1.44. The predicted octanol–water partition coefficient (Wildman–Crippen LogP) is 4.65. The number of carbonyl (C=O) groups excluding carboxylic acids is 1. The standard InChI is InChI=1S/C21H19NO5S/c1-26-14-19(23)22(13-15-8-4-2-5-9-15)17-12-18(16-10-6-3-7-11-16)28-20(17)27-21(24)25/h2-12H,13-14H2,1H3,(H,24,25).